The largest absolute Gasteiger partial charge is 0.550 e. The van der Waals surface area contributed by atoms with Gasteiger partial charge in [0, 0.05) is 18.4 Å². The zero-order valence-corrected chi connectivity index (χ0v) is 12.4. The SMILES string of the molecule is O=C([O-])[C@@H]1[C@H](C(=O)NCCc2ccccc2)[C@@H]2C=C[C@@H]1CC2. The van der Waals surface area contributed by atoms with Gasteiger partial charge in [-0.15, -0.1) is 0 Å². The maximum atomic E-state index is 12.5. The molecule has 2 bridgehead atoms. The lowest BCUT2D eigenvalue weighted by atomic mass is 9.62. The molecule has 0 saturated heterocycles. The van der Waals surface area contributed by atoms with Gasteiger partial charge in [0.25, 0.3) is 0 Å². The van der Waals surface area contributed by atoms with Crippen molar-refractivity contribution in [3.05, 3.63) is 48.0 Å². The molecule has 0 aliphatic heterocycles. The maximum absolute atomic E-state index is 12.5. The van der Waals surface area contributed by atoms with E-state index in [9.17, 15) is 14.7 Å². The highest BCUT2D eigenvalue weighted by atomic mass is 16.4. The van der Waals surface area contributed by atoms with Crippen LogP contribution in [-0.2, 0) is 16.0 Å². The topological polar surface area (TPSA) is 69.2 Å². The quantitative estimate of drug-likeness (QED) is 0.822. The molecule has 4 atom stereocenters. The predicted octanol–water partition coefficient (Wildman–Crippen LogP) is 0.924. The third kappa shape index (κ3) is 2.91. The zero-order valence-electron chi connectivity index (χ0n) is 12.4. The number of carboxylic acid groups (broad SMARTS) is 1. The lowest BCUT2D eigenvalue weighted by molar-refractivity contribution is -0.316. The van der Waals surface area contributed by atoms with Gasteiger partial charge in [-0.25, -0.2) is 0 Å². The average molecular weight is 298 g/mol. The van der Waals surface area contributed by atoms with E-state index in [0.29, 0.717) is 6.54 Å². The molecule has 0 radical (unpaired) electrons. The Kier molecular flexibility index (Phi) is 4.27. The van der Waals surface area contributed by atoms with Crippen molar-refractivity contribution in [2.24, 2.45) is 23.7 Å². The van der Waals surface area contributed by atoms with Crippen LogP contribution in [-0.4, -0.2) is 18.4 Å². The van der Waals surface area contributed by atoms with Crippen molar-refractivity contribution in [3.8, 4) is 0 Å². The summed E-state index contributed by atoms with van der Waals surface area (Å²) in [5.41, 5.74) is 1.16. The molecule has 3 aliphatic carbocycles. The van der Waals surface area contributed by atoms with Crippen molar-refractivity contribution in [3.63, 3.8) is 0 Å². The van der Waals surface area contributed by atoms with Crippen molar-refractivity contribution in [2.45, 2.75) is 19.3 Å². The Hall–Kier alpha value is -2.10. The first-order valence-electron chi connectivity index (χ1n) is 7.87. The smallest absolute Gasteiger partial charge is 0.224 e. The molecule has 4 heteroatoms. The Morgan fingerprint density at radius 1 is 1.05 bits per heavy atom. The van der Waals surface area contributed by atoms with Gasteiger partial charge < -0.3 is 15.2 Å². The highest BCUT2D eigenvalue weighted by Gasteiger charge is 2.44. The Bertz CT molecular complexity index is 581. The monoisotopic (exact) mass is 298 g/mol. The van der Waals surface area contributed by atoms with E-state index in [1.165, 1.54) is 0 Å². The zero-order chi connectivity index (χ0) is 15.5. The van der Waals surface area contributed by atoms with Gasteiger partial charge in [0.2, 0.25) is 5.91 Å². The Balaban J connectivity index is 1.61. The number of hydrogen-bond acceptors (Lipinski definition) is 3. The lowest BCUT2D eigenvalue weighted by Gasteiger charge is -2.44. The number of fused-ring (bicyclic) bond motifs is 2. The van der Waals surface area contributed by atoms with E-state index in [2.05, 4.69) is 5.32 Å². The van der Waals surface area contributed by atoms with Gasteiger partial charge in [-0.3, -0.25) is 4.79 Å². The molecule has 1 aromatic carbocycles. The first kappa shape index (κ1) is 14.8. The summed E-state index contributed by atoms with van der Waals surface area (Å²) in [6.45, 7) is 0.528. The molecular formula is C18H20NO3-. The normalized spacial score (nSPS) is 29.3. The number of carboxylic acids is 1. The van der Waals surface area contributed by atoms with Crippen LogP contribution in [0.1, 0.15) is 18.4 Å². The molecule has 0 unspecified atom stereocenters. The van der Waals surface area contributed by atoms with Crippen LogP contribution in [0, 0.1) is 23.7 Å². The fraction of sp³-hybridized carbons (Fsp3) is 0.444. The van der Waals surface area contributed by atoms with Crippen molar-refractivity contribution in [2.75, 3.05) is 6.54 Å². The van der Waals surface area contributed by atoms with Crippen LogP contribution in [0.5, 0.6) is 0 Å². The molecule has 4 rings (SSSR count). The molecule has 22 heavy (non-hydrogen) atoms. The van der Waals surface area contributed by atoms with Gasteiger partial charge in [-0.1, -0.05) is 42.5 Å². The summed E-state index contributed by atoms with van der Waals surface area (Å²) < 4.78 is 0. The first-order valence-corrected chi connectivity index (χ1v) is 7.87. The van der Waals surface area contributed by atoms with Crippen LogP contribution in [0.4, 0.5) is 0 Å². The van der Waals surface area contributed by atoms with Gasteiger partial charge in [0.1, 0.15) is 0 Å². The summed E-state index contributed by atoms with van der Waals surface area (Å²) in [5.74, 6) is -2.43. The van der Waals surface area contributed by atoms with Gasteiger partial charge in [0.15, 0.2) is 0 Å². The molecule has 1 aromatic rings. The molecule has 0 heterocycles. The highest BCUT2D eigenvalue weighted by molar-refractivity contribution is 5.85. The predicted molar refractivity (Wildman–Crippen MR) is 80.5 cm³/mol. The van der Waals surface area contributed by atoms with Gasteiger partial charge in [0.05, 0.1) is 5.92 Å². The molecule has 1 amide bonds. The second kappa shape index (κ2) is 6.34. The molecule has 1 fully saturated rings. The molecule has 1 N–H and O–H groups in total. The number of nitrogens with one attached hydrogen (secondary N) is 1. The minimum absolute atomic E-state index is 0.0321. The number of hydrogen-bond donors (Lipinski definition) is 1. The van der Waals surface area contributed by atoms with Crippen molar-refractivity contribution < 1.29 is 14.7 Å². The molecule has 3 aliphatic rings. The van der Waals surface area contributed by atoms with Crippen LogP contribution in [0.2, 0.25) is 0 Å². The summed E-state index contributed by atoms with van der Waals surface area (Å²) in [7, 11) is 0. The molecule has 0 aromatic heterocycles. The van der Waals surface area contributed by atoms with Crippen molar-refractivity contribution in [1.82, 2.24) is 5.32 Å². The molecule has 0 spiro atoms. The van der Waals surface area contributed by atoms with Crippen LogP contribution in [0.3, 0.4) is 0 Å². The standard InChI is InChI=1S/C18H21NO3/c20-17(19-11-10-12-4-2-1-3-5-12)15-13-6-8-14(9-7-13)16(15)18(21)22/h1-6,8,13-16H,7,9-11H2,(H,19,20)(H,21,22)/p-1/t13-,14-,15-,16+/m1/s1. The number of amides is 1. The number of rotatable bonds is 5. The summed E-state index contributed by atoms with van der Waals surface area (Å²) in [6.07, 6.45) is 6.44. The lowest BCUT2D eigenvalue weighted by Crippen LogP contribution is -2.52. The van der Waals surface area contributed by atoms with Gasteiger partial charge >= 0.3 is 0 Å². The fourth-order valence-corrected chi connectivity index (χ4v) is 3.77. The van der Waals surface area contributed by atoms with Crippen molar-refractivity contribution >= 4 is 11.9 Å². The highest BCUT2D eigenvalue weighted by Crippen LogP contribution is 2.44. The van der Waals surface area contributed by atoms with E-state index < -0.39 is 17.8 Å². The molecule has 116 valence electrons. The Morgan fingerprint density at radius 3 is 2.27 bits per heavy atom. The number of aliphatic carboxylic acids is 1. The summed E-state index contributed by atoms with van der Waals surface area (Å²) in [5, 5.41) is 14.3. The first-order chi connectivity index (χ1) is 10.7. The van der Waals surface area contributed by atoms with Gasteiger partial charge in [-0.05, 0) is 36.7 Å². The van der Waals surface area contributed by atoms with Crippen LogP contribution in [0.15, 0.2) is 42.5 Å². The molecular weight excluding hydrogens is 278 g/mol. The minimum atomic E-state index is -1.10. The molecule has 1 saturated carbocycles. The van der Waals surface area contributed by atoms with E-state index in [4.69, 9.17) is 0 Å². The van der Waals surface area contributed by atoms with Crippen LogP contribution < -0.4 is 10.4 Å². The third-order valence-electron chi connectivity index (χ3n) is 4.88. The number of benzene rings is 1. The fourth-order valence-electron chi connectivity index (χ4n) is 3.77. The second-order valence-corrected chi connectivity index (χ2v) is 6.19. The Labute approximate surface area is 130 Å². The average Bonchev–Trinajstić information content (AvgIpc) is 2.55. The van der Waals surface area contributed by atoms with Crippen molar-refractivity contribution in [1.29, 1.82) is 0 Å². The van der Waals surface area contributed by atoms with E-state index in [0.717, 1.165) is 24.8 Å². The summed E-state index contributed by atoms with van der Waals surface area (Å²) in [4.78, 5) is 23.9. The van der Waals surface area contributed by atoms with E-state index in [1.54, 1.807) is 0 Å². The van der Waals surface area contributed by atoms with Crippen LogP contribution >= 0.6 is 0 Å². The minimum Gasteiger partial charge on any atom is -0.550 e. The molecule has 4 nitrogen and oxygen atoms in total. The van der Waals surface area contributed by atoms with Gasteiger partial charge in [-0.2, -0.15) is 0 Å². The summed E-state index contributed by atoms with van der Waals surface area (Å²) >= 11 is 0. The maximum Gasteiger partial charge on any atom is 0.224 e. The van der Waals surface area contributed by atoms with Crippen LogP contribution in [0.25, 0.3) is 0 Å². The number of carbonyl (C=O) groups is 2. The third-order valence-corrected chi connectivity index (χ3v) is 4.88. The summed E-state index contributed by atoms with van der Waals surface area (Å²) in [6, 6.07) is 9.92. The number of carbonyl (C=O) groups excluding carboxylic acids is 2. The second-order valence-electron chi connectivity index (χ2n) is 6.19. The Morgan fingerprint density at radius 2 is 1.68 bits per heavy atom. The van der Waals surface area contributed by atoms with E-state index >= 15 is 0 Å². The number of allylic oxidation sites excluding steroid dienone is 2. The van der Waals surface area contributed by atoms with E-state index in [-0.39, 0.29) is 17.7 Å². The van der Waals surface area contributed by atoms with E-state index in [1.807, 2.05) is 42.5 Å².